The first-order valence-electron chi connectivity index (χ1n) is 7.77. The maximum Gasteiger partial charge on any atom is 0.223 e. The summed E-state index contributed by atoms with van der Waals surface area (Å²) < 4.78 is 0. The molecule has 1 saturated carbocycles. The topological polar surface area (TPSA) is 94.7 Å². The molecule has 3 atom stereocenters. The summed E-state index contributed by atoms with van der Waals surface area (Å²) in [6, 6.07) is 7.75. The minimum absolute atomic E-state index is 0.0269. The molecule has 1 aliphatic rings. The molecule has 2 aromatic rings. The van der Waals surface area contributed by atoms with E-state index in [-0.39, 0.29) is 12.1 Å². The first kappa shape index (κ1) is 15.4. The van der Waals surface area contributed by atoms with Crippen molar-refractivity contribution in [2.24, 2.45) is 0 Å². The van der Waals surface area contributed by atoms with Crippen LogP contribution in [0.1, 0.15) is 42.1 Å². The maximum absolute atomic E-state index is 9.93. The Balaban J connectivity index is 1.89. The van der Waals surface area contributed by atoms with E-state index in [4.69, 9.17) is 0 Å². The van der Waals surface area contributed by atoms with Crippen molar-refractivity contribution in [1.29, 1.82) is 5.26 Å². The molecule has 0 bridgehead atoms. The van der Waals surface area contributed by atoms with Gasteiger partial charge in [-0.3, -0.25) is 4.98 Å². The number of aryl methyl sites for hydroxylation is 1. The number of rotatable bonds is 4. The molecule has 2 heterocycles. The number of nitriles is 1. The average Bonchev–Trinajstić information content (AvgIpc) is 2.97. The van der Waals surface area contributed by atoms with Crippen molar-refractivity contribution in [3.8, 4) is 6.07 Å². The van der Waals surface area contributed by atoms with Crippen molar-refractivity contribution >= 4 is 5.95 Å². The Morgan fingerprint density at radius 1 is 1.35 bits per heavy atom. The summed E-state index contributed by atoms with van der Waals surface area (Å²) >= 11 is 0. The molecule has 2 N–H and O–H groups in total. The van der Waals surface area contributed by atoms with Crippen molar-refractivity contribution < 1.29 is 5.11 Å². The minimum Gasteiger partial charge on any atom is -0.391 e. The summed E-state index contributed by atoms with van der Waals surface area (Å²) in [4.78, 5) is 13.1. The summed E-state index contributed by atoms with van der Waals surface area (Å²) in [6.07, 6.45) is 5.70. The van der Waals surface area contributed by atoms with Crippen LogP contribution in [0.2, 0.25) is 0 Å². The molecular weight excluding hydrogens is 290 g/mol. The first-order valence-corrected chi connectivity index (χ1v) is 7.77. The van der Waals surface area contributed by atoms with E-state index < -0.39 is 5.92 Å². The smallest absolute Gasteiger partial charge is 0.223 e. The molecule has 0 radical (unpaired) electrons. The minimum atomic E-state index is -0.534. The van der Waals surface area contributed by atoms with Gasteiger partial charge in [0.25, 0.3) is 0 Å². The van der Waals surface area contributed by atoms with Gasteiger partial charge in [-0.2, -0.15) is 5.26 Å². The molecule has 2 aromatic heterocycles. The fourth-order valence-corrected chi connectivity index (χ4v) is 2.91. The third kappa shape index (κ3) is 3.30. The third-order valence-electron chi connectivity index (χ3n) is 4.19. The van der Waals surface area contributed by atoms with Gasteiger partial charge in [-0.1, -0.05) is 6.07 Å². The van der Waals surface area contributed by atoms with Gasteiger partial charge in [0.15, 0.2) is 0 Å². The highest BCUT2D eigenvalue weighted by molar-refractivity contribution is 5.39. The fourth-order valence-electron chi connectivity index (χ4n) is 2.91. The Labute approximate surface area is 135 Å². The highest BCUT2D eigenvalue weighted by Gasteiger charge is 2.26. The maximum atomic E-state index is 9.93. The van der Waals surface area contributed by atoms with E-state index in [9.17, 15) is 10.4 Å². The highest BCUT2D eigenvalue weighted by Crippen LogP contribution is 2.26. The quantitative estimate of drug-likeness (QED) is 0.898. The van der Waals surface area contributed by atoms with Crippen LogP contribution < -0.4 is 5.32 Å². The number of aromatic nitrogens is 3. The molecular formula is C17H19N5O. The second-order valence-corrected chi connectivity index (χ2v) is 5.83. The number of pyridine rings is 1. The Hall–Kier alpha value is -2.52. The number of nitrogens with zero attached hydrogens (tertiary/aromatic N) is 4. The van der Waals surface area contributed by atoms with E-state index in [1.54, 1.807) is 12.4 Å². The number of anilines is 1. The number of hydrogen-bond donors (Lipinski definition) is 2. The predicted molar refractivity (Wildman–Crippen MR) is 85.7 cm³/mol. The molecule has 0 amide bonds. The van der Waals surface area contributed by atoms with Crippen LogP contribution in [0.3, 0.4) is 0 Å². The average molecular weight is 309 g/mol. The zero-order valence-corrected chi connectivity index (χ0v) is 13.0. The van der Waals surface area contributed by atoms with E-state index in [0.29, 0.717) is 17.3 Å². The number of hydrogen-bond acceptors (Lipinski definition) is 6. The molecule has 118 valence electrons. The molecule has 0 aliphatic heterocycles. The number of aliphatic hydroxyl groups is 1. The van der Waals surface area contributed by atoms with Crippen molar-refractivity contribution in [3.63, 3.8) is 0 Å². The Morgan fingerprint density at radius 3 is 2.87 bits per heavy atom. The van der Waals surface area contributed by atoms with E-state index in [1.807, 2.05) is 25.1 Å². The number of aliphatic hydroxyl groups excluding tert-OH is 1. The second-order valence-electron chi connectivity index (χ2n) is 5.83. The summed E-state index contributed by atoms with van der Waals surface area (Å²) in [5.41, 5.74) is 2.17. The van der Waals surface area contributed by atoms with Crippen molar-refractivity contribution in [2.75, 3.05) is 5.32 Å². The summed E-state index contributed by atoms with van der Waals surface area (Å²) in [5.74, 6) is -0.0824. The lowest BCUT2D eigenvalue weighted by Gasteiger charge is -2.18. The molecule has 0 spiro atoms. The van der Waals surface area contributed by atoms with Gasteiger partial charge in [-0.05, 0) is 43.9 Å². The molecule has 0 aromatic carbocycles. The van der Waals surface area contributed by atoms with Gasteiger partial charge in [-0.25, -0.2) is 9.97 Å². The third-order valence-corrected chi connectivity index (χ3v) is 4.19. The van der Waals surface area contributed by atoms with Gasteiger partial charge in [0.05, 0.1) is 29.6 Å². The van der Waals surface area contributed by atoms with Crippen molar-refractivity contribution in [2.45, 2.75) is 44.2 Å². The summed E-state index contributed by atoms with van der Waals surface area (Å²) in [5, 5.41) is 22.7. The molecule has 23 heavy (non-hydrogen) atoms. The Kier molecular flexibility index (Phi) is 4.49. The number of nitrogens with one attached hydrogen (secondary N) is 1. The van der Waals surface area contributed by atoms with Crippen molar-refractivity contribution in [3.05, 3.63) is 47.5 Å². The zero-order valence-electron chi connectivity index (χ0n) is 13.0. The molecule has 1 fully saturated rings. The highest BCUT2D eigenvalue weighted by atomic mass is 16.3. The normalized spacial score (nSPS) is 21.6. The fraction of sp³-hybridized carbons (Fsp3) is 0.412. The van der Waals surface area contributed by atoms with Gasteiger partial charge in [0.1, 0.15) is 5.92 Å². The monoisotopic (exact) mass is 309 g/mol. The van der Waals surface area contributed by atoms with E-state index in [1.165, 1.54) is 0 Å². The van der Waals surface area contributed by atoms with Crippen LogP contribution >= 0.6 is 0 Å². The first-order chi connectivity index (χ1) is 11.2. The van der Waals surface area contributed by atoms with Gasteiger partial charge >= 0.3 is 0 Å². The second kappa shape index (κ2) is 6.71. The molecule has 3 rings (SSSR count). The lowest BCUT2D eigenvalue weighted by atomic mass is 9.99. The summed E-state index contributed by atoms with van der Waals surface area (Å²) in [6.45, 7) is 1.89. The van der Waals surface area contributed by atoms with Gasteiger partial charge in [0.2, 0.25) is 5.95 Å². The molecule has 1 unspecified atom stereocenters. The van der Waals surface area contributed by atoms with E-state index in [2.05, 4.69) is 26.3 Å². The zero-order chi connectivity index (χ0) is 16.2. The lowest BCUT2D eigenvalue weighted by molar-refractivity contribution is 0.171. The van der Waals surface area contributed by atoms with Crippen LogP contribution in [-0.4, -0.2) is 32.2 Å². The standard InChI is InChI=1S/C17H19N5O/c1-11-10-20-17(21-14-6-4-7-15(14)23)22-16(11)12(9-18)13-5-2-3-8-19-13/h2-3,5,8,10,12,14-15,23H,4,6-7H2,1H3,(H,20,21,22)/t12?,14-,15-/m0/s1. The summed E-state index contributed by atoms with van der Waals surface area (Å²) in [7, 11) is 0. The Bertz CT molecular complexity index is 713. The van der Waals surface area contributed by atoms with Gasteiger partial charge in [0, 0.05) is 12.4 Å². The predicted octanol–water partition coefficient (Wildman–Crippen LogP) is 2.16. The largest absolute Gasteiger partial charge is 0.391 e. The SMILES string of the molecule is Cc1cnc(N[C@H]2CCC[C@@H]2O)nc1C(C#N)c1ccccn1. The van der Waals surface area contributed by atoms with Crippen LogP contribution in [0, 0.1) is 18.3 Å². The van der Waals surface area contributed by atoms with Crippen LogP contribution in [0.4, 0.5) is 5.95 Å². The lowest BCUT2D eigenvalue weighted by Crippen LogP contribution is -2.29. The Morgan fingerprint density at radius 2 is 2.22 bits per heavy atom. The van der Waals surface area contributed by atoms with E-state index >= 15 is 0 Å². The molecule has 6 heteroatoms. The molecule has 1 aliphatic carbocycles. The molecule has 6 nitrogen and oxygen atoms in total. The van der Waals surface area contributed by atoms with Gasteiger partial charge < -0.3 is 10.4 Å². The van der Waals surface area contributed by atoms with Crippen LogP contribution in [0.5, 0.6) is 0 Å². The molecule has 0 saturated heterocycles. The van der Waals surface area contributed by atoms with E-state index in [0.717, 1.165) is 24.8 Å². The van der Waals surface area contributed by atoms with Crippen molar-refractivity contribution in [1.82, 2.24) is 15.0 Å². The van der Waals surface area contributed by atoms with Crippen LogP contribution in [0.25, 0.3) is 0 Å². The van der Waals surface area contributed by atoms with Gasteiger partial charge in [-0.15, -0.1) is 0 Å². The van der Waals surface area contributed by atoms with Crippen LogP contribution in [-0.2, 0) is 0 Å². The van der Waals surface area contributed by atoms with Crippen LogP contribution in [0.15, 0.2) is 30.6 Å².